The number of methoxy groups -OCH3 is 2. The van der Waals surface area contributed by atoms with Crippen molar-refractivity contribution in [3.05, 3.63) is 54.1 Å². The van der Waals surface area contributed by atoms with Crippen molar-refractivity contribution in [1.29, 1.82) is 0 Å². The number of piperazine rings is 1. The van der Waals surface area contributed by atoms with Crippen molar-refractivity contribution in [2.75, 3.05) is 58.4 Å². The van der Waals surface area contributed by atoms with E-state index in [9.17, 15) is 0 Å². The molecule has 0 saturated carbocycles. The lowest BCUT2D eigenvalue weighted by Crippen LogP contribution is -3.21. The number of hydrogen-bond donors (Lipinski definition) is 2. The van der Waals surface area contributed by atoms with Gasteiger partial charge in [-0.2, -0.15) is 0 Å². The van der Waals surface area contributed by atoms with E-state index in [1.165, 1.54) is 50.3 Å². The second-order valence-electron chi connectivity index (χ2n) is 8.37. The van der Waals surface area contributed by atoms with E-state index in [-0.39, 0.29) is 0 Å². The molecule has 0 radical (unpaired) electrons. The van der Waals surface area contributed by atoms with Gasteiger partial charge < -0.3 is 24.2 Å². The molecule has 0 aliphatic carbocycles. The van der Waals surface area contributed by atoms with E-state index < -0.39 is 0 Å². The fourth-order valence-corrected chi connectivity index (χ4v) is 5.02. The van der Waals surface area contributed by atoms with Gasteiger partial charge in [-0.1, -0.05) is 24.3 Å². The molecule has 2 aromatic rings. The Morgan fingerprint density at radius 1 is 0.897 bits per heavy atom. The number of benzene rings is 2. The summed E-state index contributed by atoms with van der Waals surface area (Å²) in [4.78, 5) is 6.00. The molecule has 2 aromatic carbocycles. The van der Waals surface area contributed by atoms with Crippen LogP contribution in [-0.4, -0.2) is 59.5 Å². The first-order valence-electron chi connectivity index (χ1n) is 11.0. The second-order valence-corrected chi connectivity index (χ2v) is 8.37. The second kappa shape index (κ2) is 9.51. The topological polar surface area (TPSA) is 30.6 Å². The van der Waals surface area contributed by atoms with Gasteiger partial charge in [0.15, 0.2) is 0 Å². The summed E-state index contributed by atoms with van der Waals surface area (Å²) >= 11 is 0. The number of rotatable bonds is 6. The van der Waals surface area contributed by atoms with Crippen LogP contribution < -0.4 is 24.2 Å². The molecule has 0 unspecified atom stereocenters. The van der Waals surface area contributed by atoms with Gasteiger partial charge in [0.2, 0.25) is 0 Å². The first-order valence-corrected chi connectivity index (χ1v) is 11.0. The van der Waals surface area contributed by atoms with E-state index in [1.54, 1.807) is 24.0 Å². The average molecular weight is 398 g/mol. The summed E-state index contributed by atoms with van der Waals surface area (Å²) < 4.78 is 10.9. The monoisotopic (exact) mass is 397 g/mol. The fourth-order valence-electron chi connectivity index (χ4n) is 5.02. The van der Waals surface area contributed by atoms with Crippen LogP contribution in [0.2, 0.25) is 0 Å². The smallest absolute Gasteiger partial charge is 0.142 e. The highest BCUT2D eigenvalue weighted by atomic mass is 16.5. The molecule has 2 aliphatic heterocycles. The van der Waals surface area contributed by atoms with E-state index >= 15 is 0 Å². The molecule has 2 N–H and O–H groups in total. The van der Waals surface area contributed by atoms with Crippen molar-refractivity contribution in [1.82, 2.24) is 0 Å². The number of anilines is 1. The van der Waals surface area contributed by atoms with Crippen LogP contribution in [0, 0.1) is 0 Å². The van der Waals surface area contributed by atoms with Crippen LogP contribution in [0.5, 0.6) is 11.5 Å². The van der Waals surface area contributed by atoms with E-state index in [1.807, 2.05) is 12.1 Å². The zero-order chi connectivity index (χ0) is 20.1. The Morgan fingerprint density at radius 2 is 1.66 bits per heavy atom. The van der Waals surface area contributed by atoms with E-state index in [2.05, 4.69) is 41.3 Å². The summed E-state index contributed by atoms with van der Waals surface area (Å²) in [5.41, 5.74) is 2.63. The molecule has 2 heterocycles. The van der Waals surface area contributed by atoms with Crippen molar-refractivity contribution in [2.45, 2.75) is 25.4 Å². The maximum Gasteiger partial charge on any atom is 0.142 e. The minimum absolute atomic E-state index is 0.823. The summed E-state index contributed by atoms with van der Waals surface area (Å²) in [6, 6.07) is 17.8. The third-order valence-corrected chi connectivity index (χ3v) is 6.69. The Kier molecular flexibility index (Phi) is 6.57. The Labute approximate surface area is 174 Å². The number of para-hydroxylation sites is 2. The molecule has 5 heteroatoms. The summed E-state index contributed by atoms with van der Waals surface area (Å²) in [6.45, 7) is 8.37. The molecule has 2 aliphatic rings. The standard InChI is InChI=1S/C24H33N3O2/c1-28-22-7-5-6-20(18-22)19-25-12-10-21(11-13-25)26-14-16-27(17-15-26)23-8-3-4-9-24(23)29-2/h3-9,18,21H,10-17,19H2,1-2H3/p+2. The highest BCUT2D eigenvalue weighted by Gasteiger charge is 2.32. The highest BCUT2D eigenvalue weighted by Crippen LogP contribution is 2.27. The SMILES string of the molecule is COc1cccc(C[NH+]2CCC([NH+]3CCN(c4ccccc4OC)CC3)CC2)c1. The molecule has 0 aromatic heterocycles. The summed E-state index contributed by atoms with van der Waals surface area (Å²) in [7, 11) is 3.51. The quantitative estimate of drug-likeness (QED) is 0.751. The predicted octanol–water partition coefficient (Wildman–Crippen LogP) is 0.656. The summed E-state index contributed by atoms with van der Waals surface area (Å²) in [6.07, 6.45) is 2.67. The summed E-state index contributed by atoms with van der Waals surface area (Å²) in [5, 5.41) is 0. The number of nitrogens with one attached hydrogen (secondary N) is 2. The van der Waals surface area contributed by atoms with Gasteiger partial charge in [0.1, 0.15) is 18.0 Å². The van der Waals surface area contributed by atoms with Crippen LogP contribution in [-0.2, 0) is 6.54 Å². The molecule has 2 fully saturated rings. The zero-order valence-corrected chi connectivity index (χ0v) is 17.8. The molecule has 156 valence electrons. The van der Waals surface area contributed by atoms with Crippen LogP contribution >= 0.6 is 0 Å². The number of nitrogens with zero attached hydrogens (tertiary/aromatic N) is 1. The Morgan fingerprint density at radius 3 is 2.38 bits per heavy atom. The molecule has 0 spiro atoms. The lowest BCUT2D eigenvalue weighted by atomic mass is 10.0. The van der Waals surface area contributed by atoms with Crippen molar-refractivity contribution < 1.29 is 19.3 Å². The molecule has 5 nitrogen and oxygen atoms in total. The Balaban J connectivity index is 1.26. The molecule has 2 saturated heterocycles. The molecule has 0 atom stereocenters. The fraction of sp³-hybridized carbons (Fsp3) is 0.500. The normalized spacial score (nSPS) is 23.0. The largest absolute Gasteiger partial charge is 0.497 e. The van der Waals surface area contributed by atoms with Gasteiger partial charge in [0.05, 0.1) is 65.2 Å². The predicted molar refractivity (Wildman–Crippen MR) is 116 cm³/mol. The van der Waals surface area contributed by atoms with Gasteiger partial charge >= 0.3 is 0 Å². The van der Waals surface area contributed by atoms with Gasteiger partial charge in [0, 0.05) is 18.4 Å². The van der Waals surface area contributed by atoms with Gasteiger partial charge in [-0.15, -0.1) is 0 Å². The third kappa shape index (κ3) is 4.85. The van der Waals surface area contributed by atoms with Crippen LogP contribution in [0.3, 0.4) is 0 Å². The van der Waals surface area contributed by atoms with Crippen LogP contribution in [0.15, 0.2) is 48.5 Å². The lowest BCUT2D eigenvalue weighted by Gasteiger charge is -2.40. The van der Waals surface area contributed by atoms with Gasteiger partial charge in [-0.05, 0) is 24.3 Å². The molecule has 0 bridgehead atoms. The Bertz CT molecular complexity index is 781. The van der Waals surface area contributed by atoms with Crippen molar-refractivity contribution in [2.24, 2.45) is 0 Å². The number of ether oxygens (including phenoxy) is 2. The van der Waals surface area contributed by atoms with Crippen molar-refractivity contribution in [3.63, 3.8) is 0 Å². The molecular formula is C24H35N3O2+2. The summed E-state index contributed by atoms with van der Waals surface area (Å²) in [5.74, 6) is 1.96. The molecule has 0 amide bonds. The van der Waals surface area contributed by atoms with Gasteiger partial charge in [0.25, 0.3) is 0 Å². The van der Waals surface area contributed by atoms with Crippen molar-refractivity contribution in [3.8, 4) is 11.5 Å². The first kappa shape index (κ1) is 20.0. The maximum atomic E-state index is 5.56. The molecule has 29 heavy (non-hydrogen) atoms. The minimum atomic E-state index is 0.823. The first-order chi connectivity index (χ1) is 14.3. The van der Waals surface area contributed by atoms with Crippen LogP contribution in [0.4, 0.5) is 5.69 Å². The minimum Gasteiger partial charge on any atom is -0.497 e. The highest BCUT2D eigenvalue weighted by molar-refractivity contribution is 5.58. The number of piperidine rings is 1. The number of quaternary nitrogens is 2. The average Bonchev–Trinajstić information content (AvgIpc) is 2.80. The maximum absolute atomic E-state index is 5.56. The molecular weight excluding hydrogens is 362 g/mol. The Hall–Kier alpha value is -2.24. The van der Waals surface area contributed by atoms with Gasteiger partial charge in [-0.25, -0.2) is 0 Å². The van der Waals surface area contributed by atoms with Gasteiger partial charge in [-0.3, -0.25) is 0 Å². The zero-order valence-electron chi connectivity index (χ0n) is 17.8. The van der Waals surface area contributed by atoms with Crippen LogP contribution in [0.25, 0.3) is 0 Å². The number of likely N-dealkylation sites (tertiary alicyclic amines) is 1. The molecule has 4 rings (SSSR count). The van der Waals surface area contributed by atoms with Crippen LogP contribution in [0.1, 0.15) is 18.4 Å². The van der Waals surface area contributed by atoms with E-state index in [0.29, 0.717) is 0 Å². The third-order valence-electron chi connectivity index (χ3n) is 6.69. The lowest BCUT2D eigenvalue weighted by molar-refractivity contribution is -0.963. The van der Waals surface area contributed by atoms with E-state index in [0.717, 1.165) is 37.2 Å². The van der Waals surface area contributed by atoms with E-state index in [4.69, 9.17) is 9.47 Å². The number of hydrogen-bond acceptors (Lipinski definition) is 3. The van der Waals surface area contributed by atoms with Crippen molar-refractivity contribution >= 4 is 5.69 Å².